The Kier molecular flexibility index (Phi) is 4.22. The monoisotopic (exact) mass is 335 g/mol. The Balaban J connectivity index is 2.83. The largest absolute Gasteiger partial charge is 0.365 e. The van der Waals surface area contributed by atoms with Crippen molar-refractivity contribution < 1.29 is 4.92 Å². The highest BCUT2D eigenvalue weighted by Crippen LogP contribution is 2.24. The second kappa shape index (κ2) is 5.22. The molecule has 7 heteroatoms. The Labute approximate surface area is 103 Å². The van der Waals surface area contributed by atoms with Gasteiger partial charge in [0.1, 0.15) is 12.0 Å². The van der Waals surface area contributed by atoms with Crippen LogP contribution in [0.15, 0.2) is 27.8 Å². The summed E-state index contributed by atoms with van der Waals surface area (Å²) in [5.41, 5.74) is -0.0508. The first-order valence-electron chi connectivity index (χ1n) is 3.88. The van der Waals surface area contributed by atoms with Crippen molar-refractivity contribution in [1.29, 1.82) is 0 Å². The van der Waals surface area contributed by atoms with E-state index in [4.69, 9.17) is 0 Å². The number of halogens is 2. The van der Waals surface area contributed by atoms with E-state index in [1.165, 1.54) is 12.3 Å². The predicted molar refractivity (Wildman–Crippen MR) is 65.1 cm³/mol. The van der Waals surface area contributed by atoms with Crippen molar-refractivity contribution in [1.82, 2.24) is 4.98 Å². The van der Waals surface area contributed by atoms with E-state index >= 15 is 0 Å². The maximum Gasteiger partial charge on any atom is 0.288 e. The van der Waals surface area contributed by atoms with Crippen molar-refractivity contribution in [2.24, 2.45) is 0 Å². The molecule has 0 aliphatic heterocycles. The Morgan fingerprint density at radius 3 is 2.87 bits per heavy atom. The molecule has 0 saturated heterocycles. The molecule has 0 aliphatic carbocycles. The zero-order valence-electron chi connectivity index (χ0n) is 7.54. The normalized spacial score (nSPS) is 9.73. The van der Waals surface area contributed by atoms with Gasteiger partial charge in [-0.25, -0.2) is 4.98 Å². The van der Waals surface area contributed by atoms with Crippen molar-refractivity contribution in [3.8, 4) is 0 Å². The predicted octanol–water partition coefficient (Wildman–Crippen LogP) is 3.07. The van der Waals surface area contributed by atoms with E-state index < -0.39 is 4.92 Å². The average Bonchev–Trinajstić information content (AvgIpc) is 2.15. The molecule has 1 aromatic heterocycles. The standard InChI is InChI=1S/C8H7Br2N3O2/c1-5(9)3-11-8-7(10)2-6(4-12-8)13(14)15/h2,4H,1,3H2,(H,11,12). The number of nitrogens with one attached hydrogen (secondary N) is 1. The number of anilines is 1. The minimum absolute atomic E-state index is 0.0508. The van der Waals surface area contributed by atoms with E-state index in [2.05, 4.69) is 48.7 Å². The minimum Gasteiger partial charge on any atom is -0.365 e. The molecule has 0 atom stereocenters. The maximum atomic E-state index is 10.4. The topological polar surface area (TPSA) is 68.1 Å². The molecule has 0 amide bonds. The molecule has 15 heavy (non-hydrogen) atoms. The molecule has 0 bridgehead atoms. The van der Waals surface area contributed by atoms with Crippen LogP contribution in [-0.2, 0) is 0 Å². The number of aromatic nitrogens is 1. The third-order valence-corrected chi connectivity index (χ3v) is 2.37. The first-order chi connectivity index (χ1) is 7.00. The minimum atomic E-state index is -0.495. The number of hydrogen-bond donors (Lipinski definition) is 1. The Morgan fingerprint density at radius 2 is 2.40 bits per heavy atom. The summed E-state index contributed by atoms with van der Waals surface area (Å²) in [4.78, 5) is 13.8. The first kappa shape index (κ1) is 12.1. The van der Waals surface area contributed by atoms with Crippen LogP contribution >= 0.6 is 31.9 Å². The van der Waals surface area contributed by atoms with E-state index in [-0.39, 0.29) is 5.69 Å². The van der Waals surface area contributed by atoms with Gasteiger partial charge in [-0.1, -0.05) is 22.5 Å². The summed E-state index contributed by atoms with van der Waals surface area (Å²) in [7, 11) is 0. The van der Waals surface area contributed by atoms with E-state index in [0.29, 0.717) is 16.8 Å². The van der Waals surface area contributed by atoms with Gasteiger partial charge >= 0.3 is 0 Å². The van der Waals surface area contributed by atoms with Crippen molar-refractivity contribution >= 4 is 43.4 Å². The van der Waals surface area contributed by atoms with Crippen molar-refractivity contribution in [3.05, 3.63) is 37.9 Å². The molecule has 1 rings (SSSR count). The lowest BCUT2D eigenvalue weighted by molar-refractivity contribution is -0.385. The van der Waals surface area contributed by atoms with Gasteiger partial charge in [-0.05, 0) is 15.9 Å². The van der Waals surface area contributed by atoms with Crippen LogP contribution in [0.2, 0.25) is 0 Å². The van der Waals surface area contributed by atoms with Gasteiger partial charge in [0.25, 0.3) is 5.69 Å². The van der Waals surface area contributed by atoms with Gasteiger partial charge in [0.05, 0.1) is 9.40 Å². The van der Waals surface area contributed by atoms with E-state index in [1.54, 1.807) is 0 Å². The van der Waals surface area contributed by atoms with Gasteiger partial charge in [-0.2, -0.15) is 0 Å². The average molecular weight is 337 g/mol. The van der Waals surface area contributed by atoms with Gasteiger partial charge in [0.15, 0.2) is 0 Å². The quantitative estimate of drug-likeness (QED) is 0.677. The van der Waals surface area contributed by atoms with Crippen LogP contribution in [0.1, 0.15) is 0 Å². The smallest absolute Gasteiger partial charge is 0.288 e. The molecular formula is C8H7Br2N3O2. The van der Waals surface area contributed by atoms with Gasteiger partial charge in [-0.15, -0.1) is 0 Å². The Hall–Kier alpha value is -0.950. The highest BCUT2D eigenvalue weighted by molar-refractivity contribution is 9.11. The van der Waals surface area contributed by atoms with Gasteiger partial charge in [-0.3, -0.25) is 10.1 Å². The van der Waals surface area contributed by atoms with Crippen molar-refractivity contribution in [2.45, 2.75) is 0 Å². The summed E-state index contributed by atoms with van der Waals surface area (Å²) >= 11 is 6.38. The van der Waals surface area contributed by atoms with Crippen LogP contribution in [0.3, 0.4) is 0 Å². The number of hydrogen-bond acceptors (Lipinski definition) is 4. The Morgan fingerprint density at radius 1 is 1.73 bits per heavy atom. The number of pyridine rings is 1. The van der Waals surface area contributed by atoms with E-state index in [9.17, 15) is 10.1 Å². The number of nitro groups is 1. The maximum absolute atomic E-state index is 10.4. The molecule has 1 aromatic rings. The number of rotatable bonds is 4. The Bertz CT molecular complexity index is 409. The molecule has 5 nitrogen and oxygen atoms in total. The summed E-state index contributed by atoms with van der Waals surface area (Å²) in [5.74, 6) is 0.543. The SMILES string of the molecule is C=C(Br)CNc1ncc([N+](=O)[O-])cc1Br. The van der Waals surface area contributed by atoms with Crippen LogP contribution in [0.25, 0.3) is 0 Å². The summed E-state index contributed by atoms with van der Waals surface area (Å²) in [6, 6.07) is 1.40. The zero-order chi connectivity index (χ0) is 11.4. The summed E-state index contributed by atoms with van der Waals surface area (Å²) < 4.78 is 1.32. The molecule has 1 N–H and O–H groups in total. The molecule has 0 unspecified atom stereocenters. The van der Waals surface area contributed by atoms with Gasteiger partial charge in [0, 0.05) is 17.1 Å². The lowest BCUT2D eigenvalue weighted by Gasteiger charge is -2.05. The lowest BCUT2D eigenvalue weighted by atomic mass is 10.4. The summed E-state index contributed by atoms with van der Waals surface area (Å²) in [6.07, 6.45) is 1.20. The second-order valence-corrected chi connectivity index (χ2v) is 4.63. The highest BCUT2D eigenvalue weighted by Gasteiger charge is 2.09. The fourth-order valence-corrected chi connectivity index (χ4v) is 1.45. The van der Waals surface area contributed by atoms with E-state index in [1.807, 2.05) is 0 Å². The molecule has 1 heterocycles. The fraction of sp³-hybridized carbons (Fsp3) is 0.125. The van der Waals surface area contributed by atoms with Crippen molar-refractivity contribution in [2.75, 3.05) is 11.9 Å². The highest BCUT2D eigenvalue weighted by atomic mass is 79.9. The van der Waals surface area contributed by atoms with Crippen LogP contribution in [0.5, 0.6) is 0 Å². The zero-order valence-corrected chi connectivity index (χ0v) is 10.7. The molecular weight excluding hydrogens is 330 g/mol. The molecule has 0 saturated carbocycles. The molecule has 80 valence electrons. The van der Waals surface area contributed by atoms with Gasteiger partial charge < -0.3 is 5.32 Å². The third kappa shape index (κ3) is 3.60. The first-order valence-corrected chi connectivity index (χ1v) is 5.46. The lowest BCUT2D eigenvalue weighted by Crippen LogP contribution is -2.03. The van der Waals surface area contributed by atoms with Crippen LogP contribution in [0.4, 0.5) is 11.5 Å². The van der Waals surface area contributed by atoms with E-state index in [0.717, 1.165) is 4.48 Å². The molecule has 0 spiro atoms. The van der Waals surface area contributed by atoms with Crippen LogP contribution < -0.4 is 5.32 Å². The third-order valence-electron chi connectivity index (χ3n) is 1.49. The number of nitrogens with zero attached hydrogens (tertiary/aromatic N) is 2. The molecule has 0 aliphatic rings. The molecule has 0 fully saturated rings. The van der Waals surface area contributed by atoms with Crippen LogP contribution in [-0.4, -0.2) is 16.5 Å². The van der Waals surface area contributed by atoms with Gasteiger partial charge in [0.2, 0.25) is 0 Å². The molecule has 0 radical (unpaired) electrons. The fourth-order valence-electron chi connectivity index (χ4n) is 0.837. The van der Waals surface area contributed by atoms with Crippen molar-refractivity contribution in [3.63, 3.8) is 0 Å². The van der Waals surface area contributed by atoms with Crippen LogP contribution in [0, 0.1) is 10.1 Å². The molecule has 0 aromatic carbocycles. The summed E-state index contributed by atoms with van der Waals surface area (Å²) in [6.45, 7) is 4.15. The second-order valence-electron chi connectivity index (χ2n) is 2.65. The summed E-state index contributed by atoms with van der Waals surface area (Å²) in [5, 5.41) is 13.4.